The first-order chi connectivity index (χ1) is 8.05. The van der Waals surface area contributed by atoms with Crippen molar-refractivity contribution in [2.75, 3.05) is 0 Å². The van der Waals surface area contributed by atoms with Crippen molar-refractivity contribution in [1.29, 1.82) is 0 Å². The van der Waals surface area contributed by atoms with Gasteiger partial charge >= 0.3 is 0 Å². The zero-order valence-electron chi connectivity index (χ0n) is 9.21. The van der Waals surface area contributed by atoms with Crippen LogP contribution in [0, 0.1) is 0 Å². The lowest BCUT2D eigenvalue weighted by Crippen LogP contribution is -2.11. The van der Waals surface area contributed by atoms with Crippen molar-refractivity contribution in [1.82, 2.24) is 0 Å². The van der Waals surface area contributed by atoms with Crippen LogP contribution in [0.15, 0.2) is 59.5 Å². The molecule has 0 aliphatic rings. The van der Waals surface area contributed by atoms with Crippen molar-refractivity contribution >= 4 is 10.0 Å². The minimum absolute atomic E-state index is 0.148. The molecular weight excluding hydrogens is 234 g/mol. The number of sulfonamides is 1. The molecular formula is C13H13NO2S. The first-order valence-corrected chi connectivity index (χ1v) is 6.76. The second kappa shape index (κ2) is 4.69. The Morgan fingerprint density at radius 1 is 0.824 bits per heavy atom. The van der Waals surface area contributed by atoms with Gasteiger partial charge in [0.1, 0.15) is 0 Å². The predicted molar refractivity (Wildman–Crippen MR) is 67.1 cm³/mol. The lowest BCUT2D eigenvalue weighted by Gasteiger charge is -2.03. The minimum Gasteiger partial charge on any atom is -0.225 e. The molecule has 0 heterocycles. The highest BCUT2D eigenvalue weighted by Gasteiger charge is 2.06. The first-order valence-electron chi connectivity index (χ1n) is 5.21. The Kier molecular flexibility index (Phi) is 3.26. The molecule has 0 saturated carbocycles. The molecule has 3 nitrogen and oxygen atoms in total. The SMILES string of the molecule is NS(=O)(=O)c1ccc(Cc2ccccc2)cc1. The Balaban J connectivity index is 2.20. The van der Waals surface area contributed by atoms with Gasteiger partial charge in [-0.3, -0.25) is 0 Å². The van der Waals surface area contributed by atoms with Gasteiger partial charge in [0.15, 0.2) is 0 Å². The van der Waals surface area contributed by atoms with Crippen LogP contribution < -0.4 is 5.14 Å². The van der Waals surface area contributed by atoms with Gasteiger partial charge in [-0.25, -0.2) is 13.6 Å². The van der Waals surface area contributed by atoms with E-state index >= 15 is 0 Å². The smallest absolute Gasteiger partial charge is 0.225 e. The summed E-state index contributed by atoms with van der Waals surface area (Å²) in [5.74, 6) is 0. The van der Waals surface area contributed by atoms with E-state index in [1.165, 1.54) is 17.7 Å². The molecule has 0 bridgehead atoms. The Morgan fingerprint density at radius 2 is 1.35 bits per heavy atom. The lowest BCUT2D eigenvalue weighted by molar-refractivity contribution is 0.598. The molecule has 0 unspecified atom stereocenters. The van der Waals surface area contributed by atoms with Gasteiger partial charge in [0.25, 0.3) is 0 Å². The molecule has 2 aromatic carbocycles. The van der Waals surface area contributed by atoms with E-state index in [2.05, 4.69) is 0 Å². The molecule has 0 spiro atoms. The second-order valence-corrected chi connectivity index (χ2v) is 5.41. The van der Waals surface area contributed by atoms with Gasteiger partial charge < -0.3 is 0 Å². The molecule has 0 amide bonds. The highest BCUT2D eigenvalue weighted by molar-refractivity contribution is 7.89. The first kappa shape index (κ1) is 11.8. The second-order valence-electron chi connectivity index (χ2n) is 3.85. The van der Waals surface area contributed by atoms with E-state index in [0.717, 1.165) is 12.0 Å². The maximum absolute atomic E-state index is 11.1. The van der Waals surface area contributed by atoms with Crippen LogP contribution in [0.5, 0.6) is 0 Å². The molecule has 17 heavy (non-hydrogen) atoms. The Labute approximate surface area is 101 Å². The van der Waals surface area contributed by atoms with E-state index in [4.69, 9.17) is 5.14 Å². The van der Waals surface area contributed by atoms with Gasteiger partial charge in [-0.1, -0.05) is 42.5 Å². The normalized spacial score (nSPS) is 11.4. The van der Waals surface area contributed by atoms with Gasteiger partial charge in [-0.15, -0.1) is 0 Å². The van der Waals surface area contributed by atoms with Crippen molar-refractivity contribution in [3.05, 3.63) is 65.7 Å². The van der Waals surface area contributed by atoms with E-state index in [9.17, 15) is 8.42 Å². The predicted octanol–water partition coefficient (Wildman–Crippen LogP) is 1.92. The summed E-state index contributed by atoms with van der Waals surface area (Å²) in [6.07, 6.45) is 0.783. The average Bonchev–Trinajstić information content (AvgIpc) is 2.30. The summed E-state index contributed by atoms with van der Waals surface area (Å²) in [5.41, 5.74) is 2.25. The highest BCUT2D eigenvalue weighted by atomic mass is 32.2. The third-order valence-corrected chi connectivity index (χ3v) is 3.43. The highest BCUT2D eigenvalue weighted by Crippen LogP contribution is 2.12. The number of nitrogens with two attached hydrogens (primary N) is 1. The fourth-order valence-electron chi connectivity index (χ4n) is 1.63. The van der Waals surface area contributed by atoms with Crippen molar-refractivity contribution in [3.8, 4) is 0 Å². The third kappa shape index (κ3) is 3.15. The van der Waals surface area contributed by atoms with Crippen molar-refractivity contribution in [3.63, 3.8) is 0 Å². The summed E-state index contributed by atoms with van der Waals surface area (Å²) in [6, 6.07) is 16.6. The Hall–Kier alpha value is -1.65. The molecule has 0 fully saturated rings. The summed E-state index contributed by atoms with van der Waals surface area (Å²) >= 11 is 0. The number of hydrogen-bond acceptors (Lipinski definition) is 2. The summed E-state index contributed by atoms with van der Waals surface area (Å²) in [7, 11) is -3.59. The summed E-state index contributed by atoms with van der Waals surface area (Å²) in [5, 5.41) is 5.03. The lowest BCUT2D eigenvalue weighted by atomic mass is 10.1. The number of rotatable bonds is 3. The van der Waals surface area contributed by atoms with E-state index in [-0.39, 0.29) is 4.90 Å². The van der Waals surface area contributed by atoms with E-state index < -0.39 is 10.0 Å². The van der Waals surface area contributed by atoms with Crippen LogP contribution in [0.25, 0.3) is 0 Å². The van der Waals surface area contributed by atoms with Crippen LogP contribution in [0.2, 0.25) is 0 Å². The molecule has 0 saturated heterocycles. The van der Waals surface area contributed by atoms with Gasteiger partial charge in [0.05, 0.1) is 4.90 Å². The van der Waals surface area contributed by atoms with Crippen molar-refractivity contribution in [2.24, 2.45) is 5.14 Å². The summed E-state index contributed by atoms with van der Waals surface area (Å²) in [6.45, 7) is 0. The third-order valence-electron chi connectivity index (χ3n) is 2.50. The maximum Gasteiger partial charge on any atom is 0.238 e. The Bertz CT molecular complexity index is 589. The van der Waals surface area contributed by atoms with E-state index in [1.807, 2.05) is 30.3 Å². The molecule has 2 rings (SSSR count). The van der Waals surface area contributed by atoms with Crippen LogP contribution in [0.1, 0.15) is 11.1 Å². The fourth-order valence-corrected chi connectivity index (χ4v) is 2.14. The largest absolute Gasteiger partial charge is 0.238 e. The minimum atomic E-state index is -3.59. The van der Waals surface area contributed by atoms with Gasteiger partial charge in [0.2, 0.25) is 10.0 Å². The van der Waals surface area contributed by atoms with Crippen LogP contribution in [0.4, 0.5) is 0 Å². The monoisotopic (exact) mass is 247 g/mol. The molecule has 2 N–H and O–H groups in total. The van der Waals surface area contributed by atoms with E-state index in [0.29, 0.717) is 0 Å². The summed E-state index contributed by atoms with van der Waals surface area (Å²) in [4.78, 5) is 0.148. The number of benzene rings is 2. The summed E-state index contributed by atoms with van der Waals surface area (Å²) < 4.78 is 22.2. The maximum atomic E-state index is 11.1. The molecule has 2 aromatic rings. The molecule has 0 atom stereocenters. The zero-order chi connectivity index (χ0) is 12.3. The van der Waals surface area contributed by atoms with Gasteiger partial charge in [-0.05, 0) is 29.7 Å². The molecule has 0 radical (unpaired) electrons. The standard InChI is InChI=1S/C13H13NO2S/c14-17(15,16)13-8-6-12(7-9-13)10-11-4-2-1-3-5-11/h1-9H,10H2,(H2,14,15,16). The van der Waals surface area contributed by atoms with Gasteiger partial charge in [0, 0.05) is 0 Å². The molecule has 0 aliphatic carbocycles. The number of primary sulfonamides is 1. The zero-order valence-corrected chi connectivity index (χ0v) is 10.0. The van der Waals surface area contributed by atoms with Crippen LogP contribution in [-0.4, -0.2) is 8.42 Å². The average molecular weight is 247 g/mol. The molecule has 4 heteroatoms. The van der Waals surface area contributed by atoms with Crippen molar-refractivity contribution in [2.45, 2.75) is 11.3 Å². The fraction of sp³-hybridized carbons (Fsp3) is 0.0769. The molecule has 0 aromatic heterocycles. The van der Waals surface area contributed by atoms with Crippen LogP contribution in [-0.2, 0) is 16.4 Å². The van der Waals surface area contributed by atoms with E-state index in [1.54, 1.807) is 12.1 Å². The quantitative estimate of drug-likeness (QED) is 0.900. The topological polar surface area (TPSA) is 60.2 Å². The van der Waals surface area contributed by atoms with Crippen LogP contribution in [0.3, 0.4) is 0 Å². The Morgan fingerprint density at radius 3 is 1.88 bits per heavy atom. The van der Waals surface area contributed by atoms with Gasteiger partial charge in [-0.2, -0.15) is 0 Å². The molecule has 88 valence electrons. The van der Waals surface area contributed by atoms with Crippen LogP contribution >= 0.6 is 0 Å². The molecule has 0 aliphatic heterocycles. The number of hydrogen-bond donors (Lipinski definition) is 1. The van der Waals surface area contributed by atoms with Crippen molar-refractivity contribution < 1.29 is 8.42 Å².